The number of carboxylic acids is 1. The minimum Gasteiger partial charge on any atom is -0.495 e. The van der Waals surface area contributed by atoms with Gasteiger partial charge < -0.3 is 14.6 Å². The number of carboxylic acid groups (broad SMARTS) is 1. The van der Waals surface area contributed by atoms with Crippen molar-refractivity contribution in [2.24, 2.45) is 0 Å². The van der Waals surface area contributed by atoms with E-state index >= 15 is 0 Å². The summed E-state index contributed by atoms with van der Waals surface area (Å²) in [6.45, 7) is 7.99. The summed E-state index contributed by atoms with van der Waals surface area (Å²) >= 11 is 1.69. The molecule has 0 heterocycles. The summed E-state index contributed by atoms with van der Waals surface area (Å²) in [4.78, 5) is 11.8. The average Bonchev–Trinajstić information content (AvgIpc) is 2.71. The number of ether oxygens (including phenoxy) is 2. The Labute approximate surface area is 188 Å². The number of thioether (sulfide) groups is 1. The third-order valence-corrected chi connectivity index (χ3v) is 6.23. The molecule has 31 heavy (non-hydrogen) atoms. The number of hydrogen-bond acceptors (Lipinski definition) is 4. The molecule has 5 heteroatoms. The Balaban J connectivity index is 1.74. The molecular formula is C26H28O4S. The molecule has 0 saturated heterocycles. The summed E-state index contributed by atoms with van der Waals surface area (Å²) < 4.78 is 10.9. The lowest BCUT2D eigenvalue weighted by Gasteiger charge is -2.14. The van der Waals surface area contributed by atoms with Crippen LogP contribution in [0.4, 0.5) is 0 Å². The first kappa shape index (κ1) is 22.8. The molecule has 162 valence electrons. The number of aliphatic carboxylic acids is 1. The second-order valence-corrected chi connectivity index (χ2v) is 8.73. The van der Waals surface area contributed by atoms with Crippen LogP contribution in [0.1, 0.15) is 27.8 Å². The lowest BCUT2D eigenvalue weighted by molar-refractivity contribution is -0.139. The Hall–Kier alpha value is -2.92. The fraction of sp³-hybridized carbons (Fsp3) is 0.269. The maximum absolute atomic E-state index is 10.8. The third-order valence-electron chi connectivity index (χ3n) is 5.13. The molecule has 0 fully saturated rings. The summed E-state index contributed by atoms with van der Waals surface area (Å²) in [5.74, 6) is 1.00. The van der Waals surface area contributed by atoms with Crippen molar-refractivity contribution in [2.45, 2.75) is 38.3 Å². The quantitative estimate of drug-likeness (QED) is 0.417. The largest absolute Gasteiger partial charge is 0.495 e. The highest BCUT2D eigenvalue weighted by Crippen LogP contribution is 2.37. The maximum Gasteiger partial charge on any atom is 0.341 e. The van der Waals surface area contributed by atoms with Crippen LogP contribution in [0.15, 0.2) is 53.4 Å². The van der Waals surface area contributed by atoms with Crippen LogP contribution in [-0.2, 0) is 10.5 Å². The van der Waals surface area contributed by atoms with Gasteiger partial charge in [-0.1, -0.05) is 42.0 Å². The molecule has 0 amide bonds. The Morgan fingerprint density at radius 2 is 1.55 bits per heavy atom. The van der Waals surface area contributed by atoms with Gasteiger partial charge >= 0.3 is 5.97 Å². The second kappa shape index (κ2) is 9.92. The molecule has 0 aliphatic heterocycles. The Morgan fingerprint density at radius 1 is 0.903 bits per heavy atom. The average molecular weight is 437 g/mol. The fourth-order valence-electron chi connectivity index (χ4n) is 3.77. The van der Waals surface area contributed by atoms with Gasteiger partial charge in [-0.2, -0.15) is 0 Å². The van der Waals surface area contributed by atoms with Crippen LogP contribution in [-0.4, -0.2) is 24.8 Å². The van der Waals surface area contributed by atoms with Crippen LogP contribution < -0.4 is 9.47 Å². The highest BCUT2D eigenvalue weighted by Gasteiger charge is 2.12. The molecule has 0 radical (unpaired) electrons. The molecular weight excluding hydrogens is 408 g/mol. The predicted molar refractivity (Wildman–Crippen MR) is 127 cm³/mol. The van der Waals surface area contributed by atoms with Crippen molar-refractivity contribution in [3.8, 4) is 22.6 Å². The molecule has 0 spiro atoms. The van der Waals surface area contributed by atoms with Gasteiger partial charge in [-0.05, 0) is 67.1 Å². The van der Waals surface area contributed by atoms with Crippen molar-refractivity contribution in [1.82, 2.24) is 0 Å². The number of carbonyl (C=O) groups is 1. The number of hydrogen-bond donors (Lipinski definition) is 1. The topological polar surface area (TPSA) is 55.8 Å². The molecule has 1 N–H and O–H groups in total. The van der Waals surface area contributed by atoms with E-state index in [2.05, 4.69) is 57.2 Å². The van der Waals surface area contributed by atoms with E-state index in [4.69, 9.17) is 14.6 Å². The number of aryl methyl sites for hydroxylation is 4. The molecule has 0 aliphatic carbocycles. The van der Waals surface area contributed by atoms with E-state index in [1.54, 1.807) is 24.9 Å². The van der Waals surface area contributed by atoms with E-state index in [0.717, 1.165) is 16.2 Å². The maximum atomic E-state index is 10.8. The Bertz CT molecular complexity index is 1060. The summed E-state index contributed by atoms with van der Waals surface area (Å²) in [6.07, 6.45) is 0. The van der Waals surface area contributed by atoms with E-state index in [1.807, 2.05) is 13.0 Å². The van der Waals surface area contributed by atoms with Crippen molar-refractivity contribution >= 4 is 17.7 Å². The minimum atomic E-state index is -1.00. The van der Waals surface area contributed by atoms with E-state index in [9.17, 15) is 4.79 Å². The van der Waals surface area contributed by atoms with E-state index in [1.165, 1.54) is 33.4 Å². The Kier molecular flexibility index (Phi) is 7.29. The van der Waals surface area contributed by atoms with E-state index < -0.39 is 5.97 Å². The van der Waals surface area contributed by atoms with Crippen LogP contribution in [0.2, 0.25) is 0 Å². The summed E-state index contributed by atoms with van der Waals surface area (Å²) in [6, 6.07) is 16.9. The first-order chi connectivity index (χ1) is 14.8. The van der Waals surface area contributed by atoms with Crippen LogP contribution in [0.5, 0.6) is 11.5 Å². The first-order valence-corrected chi connectivity index (χ1v) is 11.1. The third kappa shape index (κ3) is 5.61. The van der Waals surface area contributed by atoms with Gasteiger partial charge in [0.15, 0.2) is 6.61 Å². The molecule has 3 aromatic carbocycles. The van der Waals surface area contributed by atoms with Crippen molar-refractivity contribution in [1.29, 1.82) is 0 Å². The standard InChI is InChI=1S/C26H28O4S/c1-16-10-18(3)26(19(4)11-16)21-8-6-20(7-9-21)15-31-24-12-17(2)22(13-23(24)29-5)30-14-25(27)28/h6-13H,14-15H2,1-5H3,(H,27,28). The van der Waals surface area contributed by atoms with Crippen molar-refractivity contribution in [3.63, 3.8) is 0 Å². The molecule has 0 bridgehead atoms. The minimum absolute atomic E-state index is 0.372. The van der Waals surface area contributed by atoms with Gasteiger partial charge in [-0.3, -0.25) is 0 Å². The molecule has 0 unspecified atom stereocenters. The Morgan fingerprint density at radius 3 is 2.13 bits per heavy atom. The normalized spacial score (nSPS) is 10.7. The lowest BCUT2D eigenvalue weighted by atomic mass is 9.93. The SMILES string of the molecule is COc1cc(OCC(=O)O)c(C)cc1SCc1ccc(-c2c(C)cc(C)cc2C)cc1. The number of methoxy groups -OCH3 is 1. The molecule has 4 nitrogen and oxygen atoms in total. The smallest absolute Gasteiger partial charge is 0.341 e. The summed E-state index contributed by atoms with van der Waals surface area (Å²) in [5.41, 5.74) is 8.52. The number of rotatable bonds is 8. The van der Waals surface area contributed by atoms with Gasteiger partial charge in [0.1, 0.15) is 11.5 Å². The molecule has 0 aromatic heterocycles. The zero-order chi connectivity index (χ0) is 22.5. The highest BCUT2D eigenvalue weighted by molar-refractivity contribution is 7.98. The van der Waals surface area contributed by atoms with Crippen LogP contribution in [0.3, 0.4) is 0 Å². The van der Waals surface area contributed by atoms with Crippen LogP contribution >= 0.6 is 11.8 Å². The van der Waals surface area contributed by atoms with Gasteiger partial charge in [-0.15, -0.1) is 11.8 Å². The van der Waals surface area contributed by atoms with Crippen LogP contribution in [0, 0.1) is 27.7 Å². The van der Waals surface area contributed by atoms with Gasteiger partial charge in [-0.25, -0.2) is 4.79 Å². The van der Waals surface area contributed by atoms with Crippen molar-refractivity contribution in [3.05, 3.63) is 76.3 Å². The predicted octanol–water partition coefficient (Wildman–Crippen LogP) is 6.35. The fourth-order valence-corrected chi connectivity index (χ4v) is 4.83. The first-order valence-electron chi connectivity index (χ1n) is 10.1. The van der Waals surface area contributed by atoms with Crippen molar-refractivity contribution < 1.29 is 19.4 Å². The second-order valence-electron chi connectivity index (χ2n) is 7.71. The number of benzene rings is 3. The van der Waals surface area contributed by atoms with Gasteiger partial charge in [0.05, 0.1) is 12.0 Å². The van der Waals surface area contributed by atoms with E-state index in [-0.39, 0.29) is 6.61 Å². The van der Waals surface area contributed by atoms with Gasteiger partial charge in [0.2, 0.25) is 0 Å². The van der Waals surface area contributed by atoms with Crippen molar-refractivity contribution in [2.75, 3.05) is 13.7 Å². The monoisotopic (exact) mass is 436 g/mol. The zero-order valence-corrected chi connectivity index (χ0v) is 19.4. The molecule has 0 atom stereocenters. The zero-order valence-electron chi connectivity index (χ0n) is 18.6. The van der Waals surface area contributed by atoms with E-state index in [0.29, 0.717) is 11.5 Å². The molecule has 3 aromatic rings. The summed E-state index contributed by atoms with van der Waals surface area (Å²) in [7, 11) is 1.61. The van der Waals surface area contributed by atoms with Gasteiger partial charge in [0, 0.05) is 11.8 Å². The molecule has 0 aliphatic rings. The van der Waals surface area contributed by atoms with Crippen LogP contribution in [0.25, 0.3) is 11.1 Å². The summed E-state index contributed by atoms with van der Waals surface area (Å²) in [5, 5.41) is 8.83. The molecule has 0 saturated carbocycles. The van der Waals surface area contributed by atoms with Gasteiger partial charge in [0.25, 0.3) is 0 Å². The molecule has 3 rings (SSSR count). The highest BCUT2D eigenvalue weighted by atomic mass is 32.2. The lowest BCUT2D eigenvalue weighted by Crippen LogP contribution is -2.10.